The van der Waals surface area contributed by atoms with E-state index in [2.05, 4.69) is 48.4 Å². The summed E-state index contributed by atoms with van der Waals surface area (Å²) in [5, 5.41) is 14.3. The lowest BCUT2D eigenvalue weighted by molar-refractivity contribution is -0.115. The normalized spacial score (nSPS) is 9.74. The number of aromatic carboxylic acids is 1. The van der Waals surface area contributed by atoms with Gasteiger partial charge in [-0.1, -0.05) is 21.9 Å². The number of carboxylic acids is 1. The Hall–Kier alpha value is -1.36. The Labute approximate surface area is 127 Å². The molecule has 0 unspecified atom stereocenters. The molecule has 0 spiro atoms. The number of carbonyl (C=O) groups is 2. The van der Waals surface area contributed by atoms with Crippen LogP contribution in [-0.2, 0) is 4.79 Å². The Kier molecular flexibility index (Phi) is 6.02. The summed E-state index contributed by atoms with van der Waals surface area (Å²) >= 11 is 6.41. The minimum absolute atomic E-state index is 0.00572. The standard InChI is InChI=1S/C12H10Br2N2O3/c1-2-3-15-6-10(17)16-11-8(12(18)19)4-7(13)5-9(11)14/h1,4-5,15H,3,6H2,(H,16,17)(H,18,19). The molecule has 3 N–H and O–H groups in total. The Bertz CT molecular complexity index is 553. The van der Waals surface area contributed by atoms with Crippen molar-refractivity contribution < 1.29 is 14.7 Å². The van der Waals surface area contributed by atoms with Crippen molar-refractivity contribution in [1.29, 1.82) is 0 Å². The summed E-state index contributed by atoms with van der Waals surface area (Å²) in [4.78, 5) is 22.8. The molecule has 1 amide bonds. The highest BCUT2D eigenvalue weighted by Crippen LogP contribution is 2.30. The number of anilines is 1. The van der Waals surface area contributed by atoms with Crippen LogP contribution < -0.4 is 10.6 Å². The van der Waals surface area contributed by atoms with Crippen LogP contribution in [0.15, 0.2) is 21.1 Å². The molecule has 0 atom stereocenters. The van der Waals surface area contributed by atoms with Crippen LogP contribution in [0.2, 0.25) is 0 Å². The van der Waals surface area contributed by atoms with E-state index in [-0.39, 0.29) is 30.2 Å². The van der Waals surface area contributed by atoms with E-state index in [1.165, 1.54) is 6.07 Å². The van der Waals surface area contributed by atoms with Gasteiger partial charge in [-0.25, -0.2) is 4.79 Å². The quantitative estimate of drug-likeness (QED) is 0.532. The Morgan fingerprint density at radius 2 is 2.05 bits per heavy atom. The van der Waals surface area contributed by atoms with Crippen molar-refractivity contribution in [3.8, 4) is 12.3 Å². The number of halogens is 2. The molecule has 0 heterocycles. The van der Waals surface area contributed by atoms with Gasteiger partial charge in [-0.3, -0.25) is 10.1 Å². The first kappa shape index (κ1) is 15.7. The maximum atomic E-state index is 11.6. The molecule has 0 fully saturated rings. The first-order valence-corrected chi connectivity index (χ1v) is 6.70. The summed E-state index contributed by atoms with van der Waals surface area (Å²) in [5.41, 5.74) is 0.203. The van der Waals surface area contributed by atoms with Crippen LogP contribution in [0.3, 0.4) is 0 Å². The van der Waals surface area contributed by atoms with E-state index in [1.54, 1.807) is 6.07 Å². The van der Waals surface area contributed by atoms with Crippen LogP contribution in [-0.4, -0.2) is 30.1 Å². The molecular formula is C12H10Br2N2O3. The second-order valence-corrected chi connectivity index (χ2v) is 5.24. The molecule has 1 aromatic rings. The molecule has 0 saturated heterocycles. The van der Waals surface area contributed by atoms with E-state index in [1.807, 2.05) is 0 Å². The molecule has 0 aliphatic heterocycles. The number of carboxylic acid groups (broad SMARTS) is 1. The summed E-state index contributed by atoms with van der Waals surface area (Å²) in [5.74, 6) is 0.830. The van der Waals surface area contributed by atoms with Gasteiger partial charge in [0, 0.05) is 8.95 Å². The van der Waals surface area contributed by atoms with Crippen molar-refractivity contribution >= 4 is 49.4 Å². The molecule has 0 saturated carbocycles. The van der Waals surface area contributed by atoms with Gasteiger partial charge >= 0.3 is 5.97 Å². The molecule has 5 nitrogen and oxygen atoms in total. The van der Waals surface area contributed by atoms with Crippen molar-refractivity contribution in [3.05, 3.63) is 26.6 Å². The fourth-order valence-corrected chi connectivity index (χ4v) is 2.63. The van der Waals surface area contributed by atoms with E-state index in [9.17, 15) is 9.59 Å². The van der Waals surface area contributed by atoms with E-state index in [4.69, 9.17) is 11.5 Å². The van der Waals surface area contributed by atoms with Crippen molar-refractivity contribution in [2.24, 2.45) is 0 Å². The number of amides is 1. The lowest BCUT2D eigenvalue weighted by Crippen LogP contribution is -2.29. The summed E-state index contributed by atoms with van der Waals surface area (Å²) in [6, 6.07) is 3.06. The van der Waals surface area contributed by atoms with E-state index >= 15 is 0 Å². The van der Waals surface area contributed by atoms with Crippen LogP contribution in [0.4, 0.5) is 5.69 Å². The van der Waals surface area contributed by atoms with Gasteiger partial charge in [-0.15, -0.1) is 6.42 Å². The van der Waals surface area contributed by atoms with E-state index < -0.39 is 5.97 Å². The first-order chi connectivity index (χ1) is 8.95. The molecule has 1 rings (SSSR count). The number of hydrogen-bond donors (Lipinski definition) is 3. The lowest BCUT2D eigenvalue weighted by Gasteiger charge is -2.11. The maximum Gasteiger partial charge on any atom is 0.337 e. The number of hydrogen-bond acceptors (Lipinski definition) is 3. The highest BCUT2D eigenvalue weighted by molar-refractivity contribution is 9.11. The largest absolute Gasteiger partial charge is 0.478 e. The van der Waals surface area contributed by atoms with Gasteiger partial charge in [-0.2, -0.15) is 0 Å². The highest BCUT2D eigenvalue weighted by Gasteiger charge is 2.16. The smallest absolute Gasteiger partial charge is 0.337 e. The van der Waals surface area contributed by atoms with Gasteiger partial charge in [-0.05, 0) is 28.1 Å². The number of rotatable bonds is 5. The molecule has 19 heavy (non-hydrogen) atoms. The van der Waals surface area contributed by atoms with Crippen LogP contribution in [0.1, 0.15) is 10.4 Å². The minimum atomic E-state index is -1.13. The number of nitrogens with one attached hydrogen (secondary N) is 2. The molecule has 0 aliphatic rings. The number of terminal acetylenes is 1. The third-order valence-electron chi connectivity index (χ3n) is 2.06. The molecular weight excluding hydrogens is 380 g/mol. The first-order valence-electron chi connectivity index (χ1n) is 5.12. The van der Waals surface area contributed by atoms with Gasteiger partial charge in [0.2, 0.25) is 5.91 Å². The van der Waals surface area contributed by atoms with Gasteiger partial charge in [0.15, 0.2) is 0 Å². The summed E-state index contributed by atoms with van der Waals surface area (Å²) in [6.07, 6.45) is 5.04. The molecule has 0 radical (unpaired) electrons. The predicted octanol–water partition coefficient (Wildman–Crippen LogP) is 2.07. The third kappa shape index (κ3) is 4.67. The average Bonchev–Trinajstić information content (AvgIpc) is 2.32. The van der Waals surface area contributed by atoms with Crippen LogP contribution >= 0.6 is 31.9 Å². The van der Waals surface area contributed by atoms with Gasteiger partial charge in [0.1, 0.15) is 0 Å². The summed E-state index contributed by atoms with van der Waals surface area (Å²) < 4.78 is 1.07. The van der Waals surface area contributed by atoms with E-state index in [0.717, 1.165) is 0 Å². The van der Waals surface area contributed by atoms with Crippen LogP contribution in [0.5, 0.6) is 0 Å². The number of carbonyl (C=O) groups excluding carboxylic acids is 1. The molecule has 0 aromatic heterocycles. The minimum Gasteiger partial charge on any atom is -0.478 e. The lowest BCUT2D eigenvalue weighted by atomic mass is 10.2. The zero-order valence-electron chi connectivity index (χ0n) is 9.67. The van der Waals surface area contributed by atoms with Gasteiger partial charge < -0.3 is 10.4 Å². The van der Waals surface area contributed by atoms with Crippen molar-refractivity contribution in [2.45, 2.75) is 0 Å². The Balaban J connectivity index is 2.91. The van der Waals surface area contributed by atoms with Crippen LogP contribution in [0, 0.1) is 12.3 Å². The fourth-order valence-electron chi connectivity index (χ4n) is 1.30. The van der Waals surface area contributed by atoms with Gasteiger partial charge in [0.05, 0.1) is 24.3 Å². The highest BCUT2D eigenvalue weighted by atomic mass is 79.9. The molecule has 7 heteroatoms. The molecule has 1 aromatic carbocycles. The molecule has 0 bridgehead atoms. The predicted molar refractivity (Wildman–Crippen MR) is 79.1 cm³/mol. The maximum absolute atomic E-state index is 11.6. The van der Waals surface area contributed by atoms with Crippen LogP contribution in [0.25, 0.3) is 0 Å². The van der Waals surface area contributed by atoms with Crippen molar-refractivity contribution in [1.82, 2.24) is 5.32 Å². The summed E-state index contributed by atoms with van der Waals surface area (Å²) in [7, 11) is 0. The zero-order valence-corrected chi connectivity index (χ0v) is 12.8. The monoisotopic (exact) mass is 388 g/mol. The van der Waals surface area contributed by atoms with Crippen molar-refractivity contribution in [3.63, 3.8) is 0 Å². The SMILES string of the molecule is C#CCNCC(=O)Nc1c(Br)cc(Br)cc1C(=O)O. The van der Waals surface area contributed by atoms with Gasteiger partial charge in [0.25, 0.3) is 0 Å². The second kappa shape index (κ2) is 7.28. The molecule has 0 aliphatic carbocycles. The average molecular weight is 390 g/mol. The fraction of sp³-hybridized carbons (Fsp3) is 0.167. The van der Waals surface area contributed by atoms with Crippen molar-refractivity contribution in [2.75, 3.05) is 18.4 Å². The number of benzene rings is 1. The third-order valence-corrected chi connectivity index (χ3v) is 3.15. The second-order valence-electron chi connectivity index (χ2n) is 3.47. The zero-order chi connectivity index (χ0) is 14.4. The molecule has 100 valence electrons. The Morgan fingerprint density at radius 3 is 2.63 bits per heavy atom. The summed E-state index contributed by atoms with van der Waals surface area (Å²) in [6.45, 7) is 0.270. The topological polar surface area (TPSA) is 78.4 Å². The Morgan fingerprint density at radius 1 is 1.37 bits per heavy atom. The van der Waals surface area contributed by atoms with E-state index in [0.29, 0.717) is 8.95 Å².